The van der Waals surface area contributed by atoms with Crippen LogP contribution in [-0.2, 0) is 61.6 Å². The lowest BCUT2D eigenvalue weighted by molar-refractivity contribution is -0.139. The van der Waals surface area contributed by atoms with Gasteiger partial charge in [-0.05, 0) is 399 Å². The average Bonchev–Trinajstić information content (AvgIpc) is 1.72. The summed E-state index contributed by atoms with van der Waals surface area (Å²) in [7, 11) is -2.07. The largest absolute Gasteiger partial charge is 0.497 e. The number of urea groups is 3. The van der Waals surface area contributed by atoms with Gasteiger partial charge in [0.05, 0.1) is 18.5 Å². The lowest BCUT2D eigenvalue weighted by Crippen LogP contribution is -2.61. The molecule has 4 bridgehead atoms. The summed E-state index contributed by atoms with van der Waals surface area (Å²) in [4.78, 5) is 88.8. The normalized spacial score (nSPS) is 23.0. The molecule has 4 aliphatic heterocycles. The lowest BCUT2D eigenvalue weighted by Gasteiger charge is -2.57. The molecule has 748 valence electrons. The minimum Gasteiger partial charge on any atom is -0.497 e. The number of hydrogen-bond acceptors (Lipinski definition) is 10. The predicted molar refractivity (Wildman–Crippen MR) is 569 cm³/mol. The Bertz CT molecular complexity index is 6490. The minimum absolute atomic E-state index is 0.0474. The summed E-state index contributed by atoms with van der Waals surface area (Å²) in [5.41, 5.74) is 25.5. The topological polar surface area (TPSA) is 305 Å². The molecule has 8 fully saturated rings. The van der Waals surface area contributed by atoms with Crippen molar-refractivity contribution in [2.45, 2.75) is 228 Å². The fourth-order valence-corrected chi connectivity index (χ4v) is 27.1. The molecular formula is C121H134N8O14S. The quantitative estimate of drug-likeness (QED) is 0.0279. The summed E-state index contributed by atoms with van der Waals surface area (Å²) in [5.74, 6) is 3.82. The van der Waals surface area contributed by atoms with Crippen LogP contribution in [0.5, 0.6) is 5.75 Å². The number of anilines is 6. The zero-order valence-electron chi connectivity index (χ0n) is 82.4. The number of ether oxygens (including phenoxy) is 1. The van der Waals surface area contributed by atoms with E-state index in [1.54, 1.807) is 36.3 Å². The van der Waals surface area contributed by atoms with E-state index in [0.717, 1.165) is 197 Å². The van der Waals surface area contributed by atoms with Gasteiger partial charge in [0.1, 0.15) is 5.75 Å². The maximum Gasteiger partial charge on any atom is 0.326 e. The zero-order chi connectivity index (χ0) is 99.5. The number of para-hydroxylation sites is 1. The van der Waals surface area contributed by atoms with Crippen LogP contribution in [0.1, 0.15) is 241 Å². The van der Waals surface area contributed by atoms with Crippen LogP contribution in [0.4, 0.5) is 48.5 Å². The van der Waals surface area contributed by atoms with Crippen molar-refractivity contribution in [2.24, 2.45) is 41.4 Å². The van der Waals surface area contributed by atoms with Crippen LogP contribution in [0.25, 0.3) is 44.5 Å². The fourth-order valence-electron chi connectivity index (χ4n) is 25.8. The predicted octanol–water partition coefficient (Wildman–Crippen LogP) is 26.0. The van der Waals surface area contributed by atoms with Crippen LogP contribution in [0.3, 0.4) is 0 Å². The third-order valence-electron chi connectivity index (χ3n) is 33.0. The Labute approximate surface area is 846 Å². The molecule has 0 radical (unpaired) electrons. The number of rotatable bonds is 24. The molecule has 12 aliphatic rings. The highest BCUT2D eigenvalue weighted by Crippen LogP contribution is 2.56. The van der Waals surface area contributed by atoms with E-state index in [4.69, 9.17) is 25.2 Å². The monoisotopic (exact) mass is 1950 g/mol. The summed E-state index contributed by atoms with van der Waals surface area (Å²) in [5, 5.41) is 45.7. The number of benzene rings is 11. The van der Waals surface area contributed by atoms with Gasteiger partial charge in [-0.2, -0.15) is 8.42 Å². The Kier molecular flexibility index (Phi) is 30.8. The first-order valence-electron chi connectivity index (χ1n) is 52.5. The molecule has 0 aromatic heterocycles. The Hall–Kier alpha value is -13.5. The zero-order valence-corrected chi connectivity index (χ0v) is 83.2. The van der Waals surface area contributed by atoms with Gasteiger partial charge in [-0.25, -0.2) is 14.4 Å². The van der Waals surface area contributed by atoms with Crippen molar-refractivity contribution >= 4 is 86.3 Å². The Morgan fingerprint density at radius 3 is 1.02 bits per heavy atom. The van der Waals surface area contributed by atoms with Gasteiger partial charge in [-0.1, -0.05) is 176 Å². The van der Waals surface area contributed by atoms with Crippen LogP contribution in [0.2, 0.25) is 0 Å². The number of methoxy groups -OCH3 is 1. The Morgan fingerprint density at radius 1 is 0.340 bits per heavy atom. The molecule has 0 spiro atoms. The molecule has 8 N–H and O–H groups in total. The molecule has 0 unspecified atom stereocenters. The summed E-state index contributed by atoms with van der Waals surface area (Å²) < 4.78 is 35.3. The van der Waals surface area contributed by atoms with Crippen molar-refractivity contribution < 1.29 is 67.1 Å². The van der Waals surface area contributed by atoms with Crippen molar-refractivity contribution in [3.8, 4) is 50.3 Å². The maximum atomic E-state index is 13.5. The highest BCUT2D eigenvalue weighted by molar-refractivity contribution is 7.94. The minimum atomic E-state index is -3.68. The van der Waals surface area contributed by atoms with Gasteiger partial charge in [-0.3, -0.25) is 42.9 Å². The first-order chi connectivity index (χ1) is 69.9. The number of carbonyl (C=O) groups is 7. The Balaban J connectivity index is 0.000000122. The van der Waals surface area contributed by atoms with E-state index in [-0.39, 0.29) is 30.1 Å². The van der Waals surface area contributed by atoms with Crippen molar-refractivity contribution in [3.05, 3.63) is 305 Å². The van der Waals surface area contributed by atoms with E-state index >= 15 is 0 Å². The van der Waals surface area contributed by atoms with Gasteiger partial charge in [0.2, 0.25) is 0 Å². The lowest BCUT2D eigenvalue weighted by atomic mass is 9.53. The van der Waals surface area contributed by atoms with Crippen molar-refractivity contribution in [1.82, 2.24) is 10.6 Å². The summed E-state index contributed by atoms with van der Waals surface area (Å²) in [6.07, 6.45) is 28.6. The molecule has 23 heteroatoms. The second kappa shape index (κ2) is 44.8. The third-order valence-corrected chi connectivity index (χ3v) is 34.5. The van der Waals surface area contributed by atoms with Gasteiger partial charge in [-0.15, -0.1) is 0 Å². The van der Waals surface area contributed by atoms with Crippen LogP contribution < -0.4 is 44.4 Å². The molecule has 23 rings (SSSR count). The molecule has 4 heterocycles. The fraction of sp³-hybridized carbons (Fsp3) is 0.397. The summed E-state index contributed by atoms with van der Waals surface area (Å²) >= 11 is 0. The smallest absolute Gasteiger partial charge is 0.326 e. The molecule has 11 aromatic carbocycles. The number of amides is 6. The molecule has 8 aliphatic carbocycles. The van der Waals surface area contributed by atoms with Crippen molar-refractivity contribution in [3.63, 3.8) is 0 Å². The number of aliphatic carboxylic acids is 4. The molecular weight excluding hydrogens is 1820 g/mol. The number of nitrogens with zero attached hydrogens (tertiary/aromatic N) is 4. The molecule has 0 atom stereocenters. The third kappa shape index (κ3) is 24.1. The first-order valence-corrected chi connectivity index (χ1v) is 53.9. The van der Waals surface area contributed by atoms with Crippen LogP contribution in [0.15, 0.2) is 255 Å². The molecule has 0 saturated heterocycles. The van der Waals surface area contributed by atoms with E-state index < -0.39 is 34.1 Å². The molecule has 144 heavy (non-hydrogen) atoms. The van der Waals surface area contributed by atoms with E-state index in [1.807, 2.05) is 88.7 Å². The SMILES string of the molecule is COc1cccc(NC(=O)N2CCc3cc(-c4ccc(C5CCC(CC(=O)O)CC5)cc4)ccc32)c1.O=C(O)CC1CCC(c2ccc(-c3ccc4c(c3)CCN4C(=O)NC34CC5CC(CC(C5)C3)C4)cc2)CC1.O=C(O)CC1CCC(c2ccc(-c3ccc4c(c3)CCN4C(=O)NCc3ccccc3)cc2)CC1.O=C(O)CC1CCC(c2ccc(-c3ccc4c(c3)CCN4S(=O)(=O)Nc3ccccc3)cc2)CC1. The number of fused-ring (bicyclic) bond motifs is 4. The van der Waals surface area contributed by atoms with Crippen molar-refractivity contribution in [1.29, 1.82) is 0 Å². The van der Waals surface area contributed by atoms with E-state index in [1.165, 1.54) is 110 Å². The van der Waals surface area contributed by atoms with E-state index in [0.29, 0.717) is 116 Å². The van der Waals surface area contributed by atoms with Crippen LogP contribution in [-0.4, -0.2) is 110 Å². The van der Waals surface area contributed by atoms with E-state index in [2.05, 4.69) is 172 Å². The van der Waals surface area contributed by atoms with Gasteiger partial charge in [0.15, 0.2) is 0 Å². The Morgan fingerprint density at radius 2 is 0.660 bits per heavy atom. The second-order valence-corrected chi connectivity index (χ2v) is 44.2. The van der Waals surface area contributed by atoms with Gasteiger partial charge in [0.25, 0.3) is 0 Å². The number of carboxylic acids is 4. The number of carbonyl (C=O) groups excluding carboxylic acids is 3. The molecule has 22 nitrogen and oxygen atoms in total. The molecule has 8 saturated carbocycles. The van der Waals surface area contributed by atoms with Gasteiger partial charge < -0.3 is 41.1 Å². The highest BCUT2D eigenvalue weighted by Gasteiger charge is 2.52. The van der Waals surface area contributed by atoms with Gasteiger partial charge in [0, 0.05) is 92.8 Å². The molecule has 11 aromatic rings. The maximum absolute atomic E-state index is 13.5. The standard InChI is InChI=1S/C33H40N2O3.C30H32N2O4.C30H32N2O3.C28H30N2O4S/c36-31(37)16-21-1-3-25(4-2-21)26-5-7-27(8-6-26)28-9-10-30-29(17-28)11-12-35(30)32(38)34-33-18-22-13-23(19-33)15-24(14-22)20-33;1-36-27-4-2-3-26(19-27)31-30(35)32-16-15-25-18-24(13-14-28(25)32)23-11-9-22(10-12-23)21-7-5-20(6-8-21)17-29(33)34;33-29(34)18-21-6-8-23(9-7-21)24-10-12-25(13-11-24)26-14-15-28-27(19-26)16-17-32(28)30(35)31-20-22-4-2-1-3-5-22;31-28(32)18-20-6-8-21(9-7-20)22-10-12-23(13-11-22)24-14-15-27-25(19-24)16-17-30(27)35(33,34)29-26-4-2-1-3-5-26/h5-10,17,21-25H,1-4,11-16,18-20H2,(H,34,38)(H,36,37);2-4,9-14,18-21H,5-8,15-17H2,1H3,(H,31,35)(H,33,34);1-5,10-15,19,21,23H,6-9,16-18,20H2,(H,31,35)(H,33,34);1-5,10-15,19-21,29H,6-9,16-18H2,(H,31,32). The summed E-state index contributed by atoms with van der Waals surface area (Å²) in [6.45, 7) is 3.06. The second-order valence-electron chi connectivity index (χ2n) is 42.6. The van der Waals surface area contributed by atoms with Crippen LogP contribution >= 0.6 is 0 Å². The number of hydrogen-bond donors (Lipinski definition) is 8. The van der Waals surface area contributed by atoms with Crippen LogP contribution in [0, 0.1) is 41.4 Å². The number of carboxylic acid groups (broad SMARTS) is 4. The highest BCUT2D eigenvalue weighted by atomic mass is 32.2. The van der Waals surface area contributed by atoms with E-state index in [9.17, 15) is 42.0 Å². The average molecular weight is 1960 g/mol. The number of nitrogens with one attached hydrogen (secondary N) is 4. The first kappa shape index (κ1) is 99.2. The summed E-state index contributed by atoms with van der Waals surface area (Å²) in [6, 6.07) is 86.8. The molecule has 6 amide bonds. The van der Waals surface area contributed by atoms with Gasteiger partial charge >= 0.3 is 52.2 Å². The van der Waals surface area contributed by atoms with Crippen molar-refractivity contribution in [2.75, 3.05) is 62.3 Å².